The highest BCUT2D eigenvalue weighted by molar-refractivity contribution is 7.86. The first-order valence-corrected chi connectivity index (χ1v) is 9.36. The molecule has 0 radical (unpaired) electrons. The van der Waals surface area contributed by atoms with Crippen molar-refractivity contribution in [2.24, 2.45) is 5.14 Å². The SMILES string of the molecule is Cc1cc2ncnc(C3CCCN(S(N)(=O)=O)CC3)c2cc1C. The van der Waals surface area contributed by atoms with Crippen molar-refractivity contribution in [1.29, 1.82) is 0 Å². The molecule has 0 aliphatic carbocycles. The van der Waals surface area contributed by atoms with Crippen LogP contribution in [-0.4, -0.2) is 35.8 Å². The maximum atomic E-state index is 11.6. The van der Waals surface area contributed by atoms with Crippen LogP contribution in [0.1, 0.15) is 42.0 Å². The van der Waals surface area contributed by atoms with Crippen molar-refractivity contribution in [2.75, 3.05) is 13.1 Å². The van der Waals surface area contributed by atoms with Crippen molar-refractivity contribution in [2.45, 2.75) is 39.0 Å². The standard InChI is InChI=1S/C16H22N4O2S/c1-11-8-14-15(9-12(11)2)18-10-19-16(14)13-4-3-6-20(7-5-13)23(17,21)22/h8-10,13H,3-7H2,1-2H3,(H2,17,21,22). The number of nitrogens with two attached hydrogens (primary N) is 1. The second kappa shape index (κ2) is 6.14. The molecule has 3 rings (SSSR count). The minimum Gasteiger partial charge on any atom is -0.240 e. The van der Waals surface area contributed by atoms with Gasteiger partial charge in [-0.2, -0.15) is 12.7 Å². The summed E-state index contributed by atoms with van der Waals surface area (Å²) in [7, 11) is -3.61. The number of nitrogens with zero attached hydrogens (tertiary/aromatic N) is 3. The first kappa shape index (κ1) is 16.3. The number of hydrogen-bond donors (Lipinski definition) is 1. The summed E-state index contributed by atoms with van der Waals surface area (Å²) >= 11 is 0. The largest absolute Gasteiger partial charge is 0.276 e. The van der Waals surface area contributed by atoms with Gasteiger partial charge in [-0.25, -0.2) is 15.1 Å². The van der Waals surface area contributed by atoms with E-state index in [2.05, 4.69) is 35.9 Å². The molecule has 2 heterocycles. The van der Waals surface area contributed by atoms with Crippen molar-refractivity contribution in [3.05, 3.63) is 35.3 Å². The molecule has 1 aliphatic rings. The fourth-order valence-electron chi connectivity index (χ4n) is 3.26. The van der Waals surface area contributed by atoms with E-state index in [1.54, 1.807) is 6.33 Å². The van der Waals surface area contributed by atoms with Gasteiger partial charge in [-0.05, 0) is 56.4 Å². The van der Waals surface area contributed by atoms with Crippen LogP contribution in [0.15, 0.2) is 18.5 Å². The molecule has 1 aliphatic heterocycles. The summed E-state index contributed by atoms with van der Waals surface area (Å²) in [6.45, 7) is 5.09. The van der Waals surface area contributed by atoms with Gasteiger partial charge < -0.3 is 0 Å². The molecule has 0 spiro atoms. The Morgan fingerprint density at radius 1 is 1.13 bits per heavy atom. The average Bonchev–Trinajstić information content (AvgIpc) is 2.73. The third kappa shape index (κ3) is 3.36. The van der Waals surface area contributed by atoms with Crippen molar-refractivity contribution in [3.63, 3.8) is 0 Å². The van der Waals surface area contributed by atoms with Gasteiger partial charge in [-0.15, -0.1) is 0 Å². The lowest BCUT2D eigenvalue weighted by Crippen LogP contribution is -2.37. The molecule has 124 valence electrons. The molecule has 1 fully saturated rings. The summed E-state index contributed by atoms with van der Waals surface area (Å²) < 4.78 is 24.5. The monoisotopic (exact) mass is 334 g/mol. The lowest BCUT2D eigenvalue weighted by Gasteiger charge is -2.18. The fourth-order valence-corrected chi connectivity index (χ4v) is 4.00. The van der Waals surface area contributed by atoms with Crippen LogP contribution in [0.4, 0.5) is 0 Å². The second-order valence-electron chi connectivity index (χ2n) is 6.28. The van der Waals surface area contributed by atoms with E-state index < -0.39 is 10.2 Å². The predicted octanol–water partition coefficient (Wildman–Crippen LogP) is 2.02. The maximum Gasteiger partial charge on any atom is 0.276 e. The molecule has 0 amide bonds. The van der Waals surface area contributed by atoms with E-state index in [1.807, 2.05) is 0 Å². The van der Waals surface area contributed by atoms with Gasteiger partial charge in [-0.3, -0.25) is 0 Å². The van der Waals surface area contributed by atoms with Gasteiger partial charge >= 0.3 is 0 Å². The Balaban J connectivity index is 1.96. The highest BCUT2D eigenvalue weighted by Crippen LogP contribution is 2.32. The molecule has 1 unspecified atom stereocenters. The number of rotatable bonds is 2. The van der Waals surface area contributed by atoms with Gasteiger partial charge in [0.1, 0.15) is 6.33 Å². The molecule has 23 heavy (non-hydrogen) atoms. The first-order valence-electron chi connectivity index (χ1n) is 7.86. The summed E-state index contributed by atoms with van der Waals surface area (Å²) in [6, 6.07) is 4.23. The highest BCUT2D eigenvalue weighted by Gasteiger charge is 2.25. The summed E-state index contributed by atoms with van der Waals surface area (Å²) in [5.74, 6) is 0.231. The van der Waals surface area contributed by atoms with Crippen LogP contribution in [-0.2, 0) is 10.2 Å². The molecule has 0 bridgehead atoms. The summed E-state index contributed by atoms with van der Waals surface area (Å²) in [4.78, 5) is 8.90. The van der Waals surface area contributed by atoms with E-state index in [0.717, 1.165) is 35.9 Å². The Morgan fingerprint density at radius 3 is 2.61 bits per heavy atom. The number of hydrogen-bond acceptors (Lipinski definition) is 4. The Bertz CT molecular complexity index is 835. The normalized spacial score (nSPS) is 20.6. The van der Waals surface area contributed by atoms with E-state index in [4.69, 9.17) is 5.14 Å². The van der Waals surface area contributed by atoms with Gasteiger partial charge in [0.2, 0.25) is 0 Å². The Kier molecular flexibility index (Phi) is 4.35. The van der Waals surface area contributed by atoms with E-state index >= 15 is 0 Å². The van der Waals surface area contributed by atoms with Gasteiger partial charge in [0.05, 0.1) is 11.2 Å². The second-order valence-corrected chi connectivity index (χ2v) is 7.83. The number of aryl methyl sites for hydroxylation is 2. The predicted molar refractivity (Wildman–Crippen MR) is 90.3 cm³/mol. The van der Waals surface area contributed by atoms with Gasteiger partial charge in [0.25, 0.3) is 10.2 Å². The van der Waals surface area contributed by atoms with Gasteiger partial charge in [0, 0.05) is 24.4 Å². The van der Waals surface area contributed by atoms with Crippen LogP contribution in [0.5, 0.6) is 0 Å². The minimum absolute atomic E-state index is 0.231. The molecular weight excluding hydrogens is 312 g/mol. The lowest BCUT2D eigenvalue weighted by atomic mass is 9.92. The van der Waals surface area contributed by atoms with Crippen LogP contribution in [0.2, 0.25) is 0 Å². The van der Waals surface area contributed by atoms with Crippen LogP contribution < -0.4 is 5.14 Å². The first-order chi connectivity index (χ1) is 10.9. The van der Waals surface area contributed by atoms with Crippen LogP contribution >= 0.6 is 0 Å². The molecule has 2 aromatic rings. The van der Waals surface area contributed by atoms with E-state index in [1.165, 1.54) is 15.4 Å². The minimum atomic E-state index is -3.61. The molecule has 1 atom stereocenters. The molecule has 2 N–H and O–H groups in total. The zero-order valence-electron chi connectivity index (χ0n) is 13.5. The zero-order valence-corrected chi connectivity index (χ0v) is 14.3. The molecule has 1 aromatic carbocycles. The van der Waals surface area contributed by atoms with E-state index in [9.17, 15) is 8.42 Å². The van der Waals surface area contributed by atoms with Crippen LogP contribution in [0.3, 0.4) is 0 Å². The number of aromatic nitrogens is 2. The van der Waals surface area contributed by atoms with Crippen LogP contribution in [0, 0.1) is 13.8 Å². The smallest absolute Gasteiger partial charge is 0.240 e. The molecule has 1 saturated heterocycles. The highest BCUT2D eigenvalue weighted by atomic mass is 32.2. The summed E-state index contributed by atoms with van der Waals surface area (Å²) in [5.41, 5.74) is 4.40. The Morgan fingerprint density at radius 2 is 1.87 bits per heavy atom. The van der Waals surface area contributed by atoms with Crippen molar-refractivity contribution in [3.8, 4) is 0 Å². The van der Waals surface area contributed by atoms with Crippen LogP contribution in [0.25, 0.3) is 10.9 Å². The maximum absolute atomic E-state index is 11.6. The third-order valence-electron chi connectivity index (χ3n) is 4.72. The molecule has 0 saturated carbocycles. The van der Waals surface area contributed by atoms with Crippen molar-refractivity contribution in [1.82, 2.24) is 14.3 Å². The topological polar surface area (TPSA) is 89.2 Å². The van der Waals surface area contributed by atoms with Crippen molar-refractivity contribution >= 4 is 21.1 Å². The average molecular weight is 334 g/mol. The molecule has 1 aromatic heterocycles. The van der Waals surface area contributed by atoms with Gasteiger partial charge in [-0.1, -0.05) is 0 Å². The Hall–Kier alpha value is -1.57. The number of fused-ring (bicyclic) bond motifs is 1. The summed E-state index contributed by atoms with van der Waals surface area (Å²) in [6.07, 6.45) is 4.03. The molecular formula is C16H22N4O2S. The zero-order chi connectivity index (χ0) is 16.6. The quantitative estimate of drug-likeness (QED) is 0.910. The number of benzene rings is 1. The van der Waals surface area contributed by atoms with E-state index in [-0.39, 0.29) is 5.92 Å². The Labute approximate surface area is 136 Å². The van der Waals surface area contributed by atoms with Crippen molar-refractivity contribution < 1.29 is 8.42 Å². The van der Waals surface area contributed by atoms with Gasteiger partial charge in [0.15, 0.2) is 0 Å². The summed E-state index contributed by atoms with van der Waals surface area (Å²) in [5, 5.41) is 6.34. The molecule has 6 nitrogen and oxygen atoms in total. The van der Waals surface area contributed by atoms with E-state index in [0.29, 0.717) is 13.1 Å². The third-order valence-corrected chi connectivity index (χ3v) is 5.80. The lowest BCUT2D eigenvalue weighted by molar-refractivity contribution is 0.422. The fraction of sp³-hybridized carbons (Fsp3) is 0.500. The molecule has 7 heteroatoms.